The molecule has 0 radical (unpaired) electrons. The molecule has 0 saturated heterocycles. The minimum absolute atomic E-state index is 0. The molecule has 5 N–H and O–H groups in total. The zero-order chi connectivity index (χ0) is 11.1. The second-order valence-electron chi connectivity index (χ2n) is 2.08. The summed E-state index contributed by atoms with van der Waals surface area (Å²) in [5.41, 5.74) is -0.223. The van der Waals surface area contributed by atoms with Crippen molar-refractivity contribution in [1.82, 2.24) is 11.1 Å². The van der Waals surface area contributed by atoms with Gasteiger partial charge in [-0.1, -0.05) is 23.2 Å². The molecule has 0 saturated carbocycles. The van der Waals surface area contributed by atoms with Crippen molar-refractivity contribution in [3.8, 4) is 0 Å². The number of aromatic nitrogens is 1. The van der Waals surface area contributed by atoms with Crippen LogP contribution in [-0.4, -0.2) is 27.8 Å². The summed E-state index contributed by atoms with van der Waals surface area (Å²) in [6.07, 6.45) is 1.29. The lowest BCUT2D eigenvalue weighted by molar-refractivity contribution is 0.0690. The Balaban J connectivity index is 0. The minimum atomic E-state index is -1.18. The number of hydrogen-bond acceptors (Lipinski definition) is 4. The van der Waals surface area contributed by atoms with E-state index in [9.17, 15) is 4.79 Å². The molecular weight excluding hydrogens is 243 g/mol. The van der Waals surface area contributed by atoms with Crippen LogP contribution in [0.3, 0.4) is 0 Å². The molecule has 86 valence electrons. The first kappa shape index (κ1) is 16.5. The summed E-state index contributed by atoms with van der Waals surface area (Å²) in [4.78, 5) is 13.9. The van der Waals surface area contributed by atoms with E-state index in [0.29, 0.717) is 0 Å². The van der Waals surface area contributed by atoms with Gasteiger partial charge in [-0.15, -0.1) is 0 Å². The molecule has 0 bridgehead atoms. The summed E-state index contributed by atoms with van der Waals surface area (Å²) in [6, 6.07) is 1.43. The Morgan fingerprint density at radius 2 is 2.00 bits per heavy atom. The topological polar surface area (TPSA) is 105 Å². The highest BCUT2D eigenvalue weighted by Gasteiger charge is 2.11. The van der Waals surface area contributed by atoms with E-state index in [1.165, 1.54) is 12.3 Å². The van der Waals surface area contributed by atoms with Crippen molar-refractivity contribution in [3.05, 3.63) is 28.0 Å². The van der Waals surface area contributed by atoms with E-state index in [1.807, 2.05) is 0 Å². The Kier molecular flexibility index (Phi) is 9.30. The van der Waals surface area contributed by atoms with Crippen LogP contribution in [0.15, 0.2) is 12.3 Å². The zero-order valence-electron chi connectivity index (χ0n) is 8.07. The van der Waals surface area contributed by atoms with E-state index in [1.54, 1.807) is 6.92 Å². The van der Waals surface area contributed by atoms with Gasteiger partial charge < -0.3 is 16.4 Å². The van der Waals surface area contributed by atoms with Crippen LogP contribution in [0, 0.1) is 0 Å². The van der Waals surface area contributed by atoms with Gasteiger partial charge in [-0.2, -0.15) is 0 Å². The molecule has 0 amide bonds. The number of halogens is 2. The van der Waals surface area contributed by atoms with Crippen molar-refractivity contribution in [2.45, 2.75) is 6.92 Å². The van der Waals surface area contributed by atoms with Crippen LogP contribution in [-0.2, 0) is 0 Å². The standard InChI is InChI=1S/C6H3Cl2NO2.C2H6O.H3N/c7-3-1-2-9-5(4(3)8)6(10)11;1-2-3;/h1-2H,(H,10,11);3H,2H2,1H3;1H3. The number of carboxylic acid groups (broad SMARTS) is 1. The van der Waals surface area contributed by atoms with E-state index in [4.69, 9.17) is 33.4 Å². The van der Waals surface area contributed by atoms with E-state index in [2.05, 4.69) is 4.98 Å². The Labute approximate surface area is 97.2 Å². The average Bonchev–Trinajstić information content (AvgIpc) is 2.10. The number of aliphatic hydroxyl groups is 1. The molecule has 1 aromatic heterocycles. The first-order chi connectivity index (χ1) is 6.54. The van der Waals surface area contributed by atoms with Gasteiger partial charge in [0.05, 0.1) is 10.0 Å². The lowest BCUT2D eigenvalue weighted by Crippen LogP contribution is -2.00. The van der Waals surface area contributed by atoms with Crippen molar-refractivity contribution < 1.29 is 15.0 Å². The van der Waals surface area contributed by atoms with Crippen LogP contribution < -0.4 is 6.15 Å². The fourth-order valence-electron chi connectivity index (χ4n) is 0.569. The molecular formula is C8H12Cl2N2O3. The van der Waals surface area contributed by atoms with Gasteiger partial charge in [-0.25, -0.2) is 9.78 Å². The lowest BCUT2D eigenvalue weighted by atomic mass is 10.3. The Morgan fingerprint density at radius 3 is 2.33 bits per heavy atom. The molecule has 0 unspecified atom stereocenters. The maximum Gasteiger partial charge on any atom is 0.356 e. The average molecular weight is 255 g/mol. The van der Waals surface area contributed by atoms with Crippen molar-refractivity contribution in [2.24, 2.45) is 0 Å². The molecule has 0 aliphatic carbocycles. The summed E-state index contributed by atoms with van der Waals surface area (Å²) in [7, 11) is 0. The molecule has 1 rings (SSSR count). The molecule has 15 heavy (non-hydrogen) atoms. The smallest absolute Gasteiger partial charge is 0.356 e. The Bertz CT molecular complexity index is 321. The first-order valence-corrected chi connectivity index (χ1v) is 4.44. The monoisotopic (exact) mass is 254 g/mol. The van der Waals surface area contributed by atoms with Crippen molar-refractivity contribution in [1.29, 1.82) is 0 Å². The van der Waals surface area contributed by atoms with Crippen molar-refractivity contribution in [2.75, 3.05) is 6.61 Å². The molecule has 1 aromatic rings. The molecule has 0 spiro atoms. The Hall–Kier alpha value is -0.880. The summed E-state index contributed by atoms with van der Waals surface area (Å²) in [5, 5.41) is 16.2. The number of nitrogens with zero attached hydrogens (tertiary/aromatic N) is 1. The molecule has 5 nitrogen and oxygen atoms in total. The highest BCUT2D eigenvalue weighted by molar-refractivity contribution is 6.43. The van der Waals surface area contributed by atoms with Crippen LogP contribution in [0.4, 0.5) is 0 Å². The summed E-state index contributed by atoms with van der Waals surface area (Å²) >= 11 is 11.0. The van der Waals surface area contributed by atoms with Gasteiger partial charge in [-0.05, 0) is 13.0 Å². The largest absolute Gasteiger partial charge is 0.476 e. The molecule has 1 heterocycles. The Morgan fingerprint density at radius 1 is 1.53 bits per heavy atom. The van der Waals surface area contributed by atoms with Gasteiger partial charge in [-0.3, -0.25) is 0 Å². The third-order valence-corrected chi connectivity index (χ3v) is 1.84. The van der Waals surface area contributed by atoms with E-state index < -0.39 is 5.97 Å². The number of carboxylic acids is 1. The van der Waals surface area contributed by atoms with Crippen LogP contribution in [0.2, 0.25) is 10.0 Å². The van der Waals surface area contributed by atoms with Crippen LogP contribution in [0.25, 0.3) is 0 Å². The summed E-state index contributed by atoms with van der Waals surface area (Å²) < 4.78 is 0. The van der Waals surface area contributed by atoms with Crippen molar-refractivity contribution >= 4 is 29.2 Å². The quantitative estimate of drug-likeness (QED) is 0.713. The molecule has 0 fully saturated rings. The molecule has 0 aliphatic rings. The first-order valence-electron chi connectivity index (χ1n) is 3.68. The van der Waals surface area contributed by atoms with Gasteiger partial charge in [0.25, 0.3) is 0 Å². The molecule has 0 aromatic carbocycles. The van der Waals surface area contributed by atoms with Gasteiger partial charge in [0, 0.05) is 12.8 Å². The predicted octanol–water partition coefficient (Wildman–Crippen LogP) is 2.25. The summed E-state index contributed by atoms with van der Waals surface area (Å²) in [5.74, 6) is -1.18. The minimum Gasteiger partial charge on any atom is -0.476 e. The van der Waals surface area contributed by atoms with E-state index >= 15 is 0 Å². The molecule has 0 atom stereocenters. The second kappa shape index (κ2) is 8.43. The number of carbonyl (C=O) groups is 1. The van der Waals surface area contributed by atoms with Gasteiger partial charge in [0.1, 0.15) is 0 Å². The number of pyridine rings is 1. The zero-order valence-corrected chi connectivity index (χ0v) is 9.59. The SMILES string of the molecule is CCO.N.O=C(O)c1nccc(Cl)c1Cl. The second-order valence-corrected chi connectivity index (χ2v) is 2.86. The third-order valence-electron chi connectivity index (χ3n) is 1.04. The van der Waals surface area contributed by atoms with Crippen molar-refractivity contribution in [3.63, 3.8) is 0 Å². The van der Waals surface area contributed by atoms with Crippen LogP contribution in [0.5, 0.6) is 0 Å². The molecule has 0 aliphatic heterocycles. The summed E-state index contributed by atoms with van der Waals surface area (Å²) in [6.45, 7) is 1.93. The van der Waals surface area contributed by atoms with Crippen LogP contribution in [0.1, 0.15) is 17.4 Å². The van der Waals surface area contributed by atoms with Gasteiger partial charge in [0.2, 0.25) is 0 Å². The number of rotatable bonds is 1. The highest BCUT2D eigenvalue weighted by atomic mass is 35.5. The molecule has 7 heteroatoms. The van der Waals surface area contributed by atoms with Crippen LogP contribution >= 0.6 is 23.2 Å². The van der Waals surface area contributed by atoms with E-state index in [-0.39, 0.29) is 28.5 Å². The fourth-order valence-corrected chi connectivity index (χ4v) is 0.908. The third kappa shape index (κ3) is 5.54. The maximum atomic E-state index is 10.4. The van der Waals surface area contributed by atoms with E-state index in [0.717, 1.165) is 0 Å². The fraction of sp³-hybridized carbons (Fsp3) is 0.250. The van der Waals surface area contributed by atoms with Gasteiger partial charge in [0.15, 0.2) is 5.69 Å². The van der Waals surface area contributed by atoms with Gasteiger partial charge >= 0.3 is 5.97 Å². The highest BCUT2D eigenvalue weighted by Crippen LogP contribution is 2.23. The number of aromatic carboxylic acids is 1. The maximum absolute atomic E-state index is 10.4. The lowest BCUT2D eigenvalue weighted by Gasteiger charge is -1.97. The normalized spacial score (nSPS) is 8.27. The number of aliphatic hydroxyl groups excluding tert-OH is 1. The predicted molar refractivity (Wildman–Crippen MR) is 59.0 cm³/mol. The number of hydrogen-bond donors (Lipinski definition) is 3.